The van der Waals surface area contributed by atoms with Crippen LogP contribution in [0, 0.1) is 0 Å². The van der Waals surface area contributed by atoms with Crippen LogP contribution < -0.4 is 5.32 Å². The topological polar surface area (TPSA) is 110 Å². The zero-order chi connectivity index (χ0) is 18.4. The largest absolute Gasteiger partial charge is 0.481 e. The first-order valence-corrected chi connectivity index (χ1v) is 8.46. The summed E-state index contributed by atoms with van der Waals surface area (Å²) in [5, 5.41) is 15.7. The minimum Gasteiger partial charge on any atom is -0.481 e. The van der Waals surface area contributed by atoms with Gasteiger partial charge in [-0.1, -0.05) is 18.2 Å². The van der Waals surface area contributed by atoms with E-state index < -0.39 is 5.97 Å². The summed E-state index contributed by atoms with van der Waals surface area (Å²) in [5.74, 6) is -0.254. The highest BCUT2D eigenvalue weighted by molar-refractivity contribution is 5.75. The molecule has 138 valence electrons. The molecular weight excluding hydrogens is 338 g/mol. The highest BCUT2D eigenvalue weighted by Gasteiger charge is 2.32. The van der Waals surface area contributed by atoms with E-state index >= 15 is 0 Å². The number of benzene rings is 1. The molecule has 9 heteroatoms. The van der Waals surface area contributed by atoms with Gasteiger partial charge in [-0.3, -0.25) is 4.79 Å². The fourth-order valence-electron chi connectivity index (χ4n) is 2.84. The Morgan fingerprint density at radius 2 is 2.12 bits per heavy atom. The van der Waals surface area contributed by atoms with Crippen LogP contribution in [0.5, 0.6) is 0 Å². The molecule has 1 atom stereocenters. The van der Waals surface area contributed by atoms with Gasteiger partial charge in [0.05, 0.1) is 18.9 Å². The average molecular weight is 359 g/mol. The molecule has 1 aliphatic heterocycles. The van der Waals surface area contributed by atoms with Crippen molar-refractivity contribution in [3.63, 3.8) is 0 Å². The van der Waals surface area contributed by atoms with Gasteiger partial charge in [-0.25, -0.2) is 14.5 Å². The molecule has 1 fully saturated rings. The number of ether oxygens (including phenoxy) is 1. The van der Waals surface area contributed by atoms with Crippen molar-refractivity contribution in [3.05, 3.63) is 42.5 Å². The summed E-state index contributed by atoms with van der Waals surface area (Å²) in [6.07, 6.45) is 1.87. The molecule has 2 N–H and O–H groups in total. The Balaban J connectivity index is 1.73. The number of aliphatic carboxylic acids is 1. The third-order valence-corrected chi connectivity index (χ3v) is 4.11. The Hall–Kier alpha value is -2.94. The second kappa shape index (κ2) is 8.43. The molecule has 1 aromatic heterocycles. The molecule has 0 spiro atoms. The van der Waals surface area contributed by atoms with Crippen molar-refractivity contribution < 1.29 is 19.4 Å². The molecule has 9 nitrogen and oxygen atoms in total. The minimum absolute atomic E-state index is 0.0230. The molecule has 3 rings (SSSR count). The van der Waals surface area contributed by atoms with Gasteiger partial charge >= 0.3 is 12.0 Å². The number of carbonyl (C=O) groups excluding carboxylic acids is 1. The van der Waals surface area contributed by atoms with Crippen LogP contribution in [-0.2, 0) is 9.53 Å². The van der Waals surface area contributed by atoms with Crippen LogP contribution >= 0.6 is 0 Å². The number of urea groups is 1. The van der Waals surface area contributed by atoms with E-state index in [9.17, 15) is 9.59 Å². The number of para-hydroxylation sites is 1. The fourth-order valence-corrected chi connectivity index (χ4v) is 2.84. The van der Waals surface area contributed by atoms with Gasteiger partial charge in [-0.15, -0.1) is 0 Å². The Labute approximate surface area is 150 Å². The maximum Gasteiger partial charge on any atom is 0.318 e. The number of carboxylic acids is 1. The molecule has 0 aliphatic carbocycles. The predicted octanol–water partition coefficient (Wildman–Crippen LogP) is 1.22. The molecule has 1 unspecified atom stereocenters. The van der Waals surface area contributed by atoms with Crippen LogP contribution in [0.15, 0.2) is 36.7 Å². The number of hydrogen-bond donors (Lipinski definition) is 2. The predicted molar refractivity (Wildman–Crippen MR) is 91.9 cm³/mol. The molecule has 0 saturated carbocycles. The van der Waals surface area contributed by atoms with E-state index in [2.05, 4.69) is 15.4 Å². The third kappa shape index (κ3) is 4.17. The second-order valence-corrected chi connectivity index (χ2v) is 5.88. The quantitative estimate of drug-likeness (QED) is 0.751. The van der Waals surface area contributed by atoms with Crippen molar-refractivity contribution in [2.45, 2.75) is 18.9 Å². The number of hydrogen-bond acceptors (Lipinski definition) is 5. The maximum absolute atomic E-state index is 12.6. The molecule has 0 bridgehead atoms. The van der Waals surface area contributed by atoms with E-state index in [1.54, 1.807) is 9.58 Å². The minimum atomic E-state index is -0.875. The van der Waals surface area contributed by atoms with Gasteiger partial charge in [-0.05, 0) is 18.6 Å². The zero-order valence-electron chi connectivity index (χ0n) is 14.2. The van der Waals surface area contributed by atoms with E-state index in [1.165, 1.54) is 6.33 Å². The summed E-state index contributed by atoms with van der Waals surface area (Å²) in [5.41, 5.74) is 0.854. The number of morpholine rings is 1. The fraction of sp³-hybridized carbons (Fsp3) is 0.412. The molecular formula is C17H21N5O4. The van der Waals surface area contributed by atoms with Gasteiger partial charge in [0, 0.05) is 19.5 Å². The smallest absolute Gasteiger partial charge is 0.318 e. The summed E-state index contributed by atoms with van der Waals surface area (Å²) in [6, 6.07) is 8.94. The summed E-state index contributed by atoms with van der Waals surface area (Å²) in [6.45, 7) is 1.50. The first-order chi connectivity index (χ1) is 12.7. The molecule has 2 heterocycles. The van der Waals surface area contributed by atoms with Crippen LogP contribution in [0.4, 0.5) is 4.79 Å². The summed E-state index contributed by atoms with van der Waals surface area (Å²) in [7, 11) is 0. The van der Waals surface area contributed by atoms with E-state index in [0.29, 0.717) is 38.5 Å². The van der Waals surface area contributed by atoms with Crippen LogP contribution in [0.25, 0.3) is 5.69 Å². The lowest BCUT2D eigenvalue weighted by molar-refractivity contribution is -0.137. The van der Waals surface area contributed by atoms with Crippen LogP contribution in [-0.4, -0.2) is 63.1 Å². The molecule has 26 heavy (non-hydrogen) atoms. The van der Waals surface area contributed by atoms with Crippen molar-refractivity contribution >= 4 is 12.0 Å². The lowest BCUT2D eigenvalue weighted by Gasteiger charge is -2.35. The number of rotatable bonds is 6. The van der Waals surface area contributed by atoms with Gasteiger partial charge in [0.25, 0.3) is 0 Å². The Kier molecular flexibility index (Phi) is 5.80. The summed E-state index contributed by atoms with van der Waals surface area (Å²) in [4.78, 5) is 29.1. The molecule has 2 aromatic rings. The van der Waals surface area contributed by atoms with Crippen molar-refractivity contribution in [3.8, 4) is 5.69 Å². The van der Waals surface area contributed by atoms with Crippen molar-refractivity contribution in [2.24, 2.45) is 0 Å². The van der Waals surface area contributed by atoms with E-state index in [1.807, 2.05) is 30.3 Å². The summed E-state index contributed by atoms with van der Waals surface area (Å²) >= 11 is 0. The van der Waals surface area contributed by atoms with Crippen molar-refractivity contribution in [1.82, 2.24) is 25.0 Å². The van der Waals surface area contributed by atoms with Gasteiger partial charge < -0.3 is 20.1 Å². The average Bonchev–Trinajstić information content (AvgIpc) is 3.15. The maximum atomic E-state index is 12.6. The van der Waals surface area contributed by atoms with Gasteiger partial charge in [0.15, 0.2) is 5.82 Å². The lowest BCUT2D eigenvalue weighted by Crippen LogP contribution is -2.49. The van der Waals surface area contributed by atoms with E-state index in [4.69, 9.17) is 9.84 Å². The molecule has 1 aliphatic rings. The second-order valence-electron chi connectivity index (χ2n) is 5.88. The standard InChI is InChI=1S/C17H21N5O4/c23-15(24)7-4-8-18-17(25)21-9-10-26-11-14(21)16-19-12-20-22(16)13-5-2-1-3-6-13/h1-3,5-6,12,14H,4,7-11H2,(H,18,25)(H,23,24). The number of aromatic nitrogens is 3. The molecule has 2 amide bonds. The molecule has 1 saturated heterocycles. The SMILES string of the molecule is O=C(O)CCCNC(=O)N1CCOCC1c1ncnn1-c1ccccc1. The van der Waals surface area contributed by atoms with Crippen molar-refractivity contribution in [1.29, 1.82) is 0 Å². The van der Waals surface area contributed by atoms with E-state index in [0.717, 1.165) is 5.69 Å². The molecule has 1 aromatic carbocycles. The van der Waals surface area contributed by atoms with Crippen LogP contribution in [0.2, 0.25) is 0 Å². The van der Waals surface area contributed by atoms with Crippen LogP contribution in [0.1, 0.15) is 24.7 Å². The number of nitrogens with one attached hydrogen (secondary N) is 1. The zero-order valence-corrected chi connectivity index (χ0v) is 14.2. The number of nitrogens with zero attached hydrogens (tertiary/aromatic N) is 4. The molecule has 0 radical (unpaired) electrons. The first kappa shape index (κ1) is 17.9. The summed E-state index contributed by atoms with van der Waals surface area (Å²) < 4.78 is 7.25. The third-order valence-electron chi connectivity index (χ3n) is 4.11. The number of carboxylic acid groups (broad SMARTS) is 1. The number of carbonyl (C=O) groups is 2. The van der Waals surface area contributed by atoms with Crippen molar-refractivity contribution in [2.75, 3.05) is 26.3 Å². The highest BCUT2D eigenvalue weighted by Crippen LogP contribution is 2.24. The van der Waals surface area contributed by atoms with Gasteiger partial charge in [0.1, 0.15) is 12.4 Å². The monoisotopic (exact) mass is 359 g/mol. The van der Waals surface area contributed by atoms with Gasteiger partial charge in [0.2, 0.25) is 0 Å². The van der Waals surface area contributed by atoms with E-state index in [-0.39, 0.29) is 18.5 Å². The Morgan fingerprint density at radius 3 is 2.88 bits per heavy atom. The normalized spacial score (nSPS) is 17.1. The van der Waals surface area contributed by atoms with Crippen LogP contribution in [0.3, 0.4) is 0 Å². The number of amides is 2. The lowest BCUT2D eigenvalue weighted by atomic mass is 10.2. The highest BCUT2D eigenvalue weighted by atomic mass is 16.5. The Morgan fingerprint density at radius 1 is 1.31 bits per heavy atom. The van der Waals surface area contributed by atoms with Gasteiger partial charge in [-0.2, -0.15) is 5.10 Å². The Bertz CT molecular complexity index is 749. The first-order valence-electron chi connectivity index (χ1n) is 8.46.